The van der Waals surface area contributed by atoms with Crippen LogP contribution in [-0.2, 0) is 6.54 Å². The van der Waals surface area contributed by atoms with Crippen molar-refractivity contribution in [3.05, 3.63) is 92.2 Å². The van der Waals surface area contributed by atoms with Gasteiger partial charge < -0.3 is 4.90 Å². The van der Waals surface area contributed by atoms with Gasteiger partial charge in [-0.2, -0.15) is 0 Å². The molecule has 32 heavy (non-hydrogen) atoms. The van der Waals surface area contributed by atoms with Gasteiger partial charge in [0, 0.05) is 62.0 Å². The summed E-state index contributed by atoms with van der Waals surface area (Å²) in [4.78, 5) is 33.3. The quantitative estimate of drug-likeness (QED) is 0.343. The maximum Gasteiger partial charge on any atom is 0.269 e. The van der Waals surface area contributed by atoms with Crippen molar-refractivity contribution in [2.75, 3.05) is 31.1 Å². The Morgan fingerprint density at radius 3 is 2.41 bits per heavy atom. The maximum atomic E-state index is 12.9. The summed E-state index contributed by atoms with van der Waals surface area (Å²) in [5.74, 6) is 0. The van der Waals surface area contributed by atoms with Gasteiger partial charge in [0.25, 0.3) is 11.2 Å². The molecule has 0 unspecified atom stereocenters. The molecule has 5 rings (SSSR count). The van der Waals surface area contributed by atoms with E-state index in [0.717, 1.165) is 48.8 Å². The lowest BCUT2D eigenvalue weighted by atomic mass is 10.2. The Balaban J connectivity index is 1.28. The number of aromatic nitrogens is 2. The van der Waals surface area contributed by atoms with Gasteiger partial charge in [0.05, 0.1) is 16.3 Å². The number of benzene rings is 2. The second kappa shape index (κ2) is 8.52. The molecule has 8 nitrogen and oxygen atoms in total. The minimum absolute atomic E-state index is 0.0605. The fourth-order valence-corrected chi connectivity index (χ4v) is 4.96. The first-order chi connectivity index (χ1) is 15.6. The first-order valence-electron chi connectivity index (χ1n) is 10.4. The molecule has 1 aliphatic heterocycles. The molecule has 2 aromatic carbocycles. The van der Waals surface area contributed by atoms with Gasteiger partial charge in [-0.3, -0.25) is 24.2 Å². The molecule has 0 amide bonds. The Labute approximate surface area is 188 Å². The van der Waals surface area contributed by atoms with E-state index in [4.69, 9.17) is 4.98 Å². The van der Waals surface area contributed by atoms with E-state index < -0.39 is 0 Å². The van der Waals surface area contributed by atoms with Crippen molar-refractivity contribution in [3.8, 4) is 11.3 Å². The first-order valence-corrected chi connectivity index (χ1v) is 11.2. The molecule has 0 atom stereocenters. The van der Waals surface area contributed by atoms with E-state index in [1.165, 1.54) is 11.3 Å². The molecule has 1 aliphatic rings. The highest BCUT2D eigenvalue weighted by atomic mass is 32.1. The highest BCUT2D eigenvalue weighted by Crippen LogP contribution is 2.24. The molecular weight excluding hydrogens is 426 g/mol. The summed E-state index contributed by atoms with van der Waals surface area (Å²) in [5.41, 5.74) is 3.67. The standard InChI is InChI=1S/C23H21N5O3S/c29-22-14-18(24-23-27(22)21(16-32-23)17-4-2-1-3-5-17)15-25-10-12-26(13-11-25)19-6-8-20(9-7-19)28(30)31/h1-9,14,16H,10-13,15H2. The van der Waals surface area contributed by atoms with E-state index in [9.17, 15) is 14.9 Å². The van der Waals surface area contributed by atoms with Gasteiger partial charge >= 0.3 is 0 Å². The largest absolute Gasteiger partial charge is 0.369 e. The number of hydrogen-bond donors (Lipinski definition) is 0. The average molecular weight is 448 g/mol. The molecule has 1 saturated heterocycles. The summed E-state index contributed by atoms with van der Waals surface area (Å²) in [6.45, 7) is 3.92. The fraction of sp³-hybridized carbons (Fsp3) is 0.217. The molecule has 4 aromatic rings. The van der Waals surface area contributed by atoms with E-state index in [1.54, 1.807) is 34.7 Å². The van der Waals surface area contributed by atoms with Crippen molar-refractivity contribution in [1.82, 2.24) is 14.3 Å². The third-order valence-corrected chi connectivity index (χ3v) is 6.54. The number of hydrogen-bond acceptors (Lipinski definition) is 7. The van der Waals surface area contributed by atoms with Gasteiger partial charge in [0.15, 0.2) is 4.96 Å². The zero-order valence-electron chi connectivity index (χ0n) is 17.3. The molecule has 0 N–H and O–H groups in total. The van der Waals surface area contributed by atoms with Crippen molar-refractivity contribution >= 4 is 27.7 Å². The lowest BCUT2D eigenvalue weighted by molar-refractivity contribution is -0.384. The van der Waals surface area contributed by atoms with E-state index in [0.29, 0.717) is 11.5 Å². The fourth-order valence-electron chi connectivity index (χ4n) is 4.03. The van der Waals surface area contributed by atoms with E-state index >= 15 is 0 Å². The molecule has 1 fully saturated rings. The van der Waals surface area contributed by atoms with Crippen LogP contribution in [-0.4, -0.2) is 45.4 Å². The number of fused-ring (bicyclic) bond motifs is 1. The second-order valence-electron chi connectivity index (χ2n) is 7.73. The molecule has 0 saturated carbocycles. The lowest BCUT2D eigenvalue weighted by Gasteiger charge is -2.35. The molecule has 162 valence electrons. The summed E-state index contributed by atoms with van der Waals surface area (Å²) in [6, 6.07) is 18.2. The molecular formula is C23H21N5O3S. The van der Waals surface area contributed by atoms with Crippen LogP contribution >= 0.6 is 11.3 Å². The van der Waals surface area contributed by atoms with Crippen LogP contribution in [0.1, 0.15) is 5.69 Å². The molecule has 0 bridgehead atoms. The predicted octanol–water partition coefficient (Wildman–Crippen LogP) is 3.65. The average Bonchev–Trinajstić information content (AvgIpc) is 3.25. The Kier molecular flexibility index (Phi) is 5.42. The SMILES string of the molecule is O=c1cc(CN2CCN(c3ccc([N+](=O)[O-])cc3)CC2)nc2scc(-c3ccccc3)n12. The number of nitro groups is 1. The summed E-state index contributed by atoms with van der Waals surface area (Å²) in [7, 11) is 0. The van der Waals surface area contributed by atoms with Gasteiger partial charge in [0.1, 0.15) is 0 Å². The number of thiazole rings is 1. The Bertz CT molecular complexity index is 1310. The van der Waals surface area contributed by atoms with E-state index in [-0.39, 0.29) is 16.2 Å². The maximum absolute atomic E-state index is 12.9. The number of nitro benzene ring substituents is 1. The van der Waals surface area contributed by atoms with Crippen LogP contribution in [0.3, 0.4) is 0 Å². The summed E-state index contributed by atoms with van der Waals surface area (Å²) in [6.07, 6.45) is 0. The summed E-state index contributed by atoms with van der Waals surface area (Å²) in [5, 5.41) is 12.8. The minimum atomic E-state index is -0.384. The smallest absolute Gasteiger partial charge is 0.269 e. The molecule has 2 aromatic heterocycles. The van der Waals surface area contributed by atoms with E-state index in [1.807, 2.05) is 35.7 Å². The van der Waals surface area contributed by atoms with Crippen LogP contribution in [0.5, 0.6) is 0 Å². The van der Waals surface area contributed by atoms with Gasteiger partial charge in [0.2, 0.25) is 0 Å². The normalized spacial score (nSPS) is 14.7. The van der Waals surface area contributed by atoms with Crippen LogP contribution in [0.15, 0.2) is 70.8 Å². The number of non-ortho nitro benzene ring substituents is 1. The van der Waals surface area contributed by atoms with Gasteiger partial charge in [-0.1, -0.05) is 30.3 Å². The zero-order chi connectivity index (χ0) is 22.1. The van der Waals surface area contributed by atoms with Crippen LogP contribution < -0.4 is 10.5 Å². The Hall–Kier alpha value is -3.56. The number of rotatable bonds is 5. The molecule has 0 spiro atoms. The van der Waals surface area contributed by atoms with Crippen molar-refractivity contribution in [3.63, 3.8) is 0 Å². The highest BCUT2D eigenvalue weighted by molar-refractivity contribution is 7.15. The van der Waals surface area contributed by atoms with E-state index in [2.05, 4.69) is 9.80 Å². The minimum Gasteiger partial charge on any atom is -0.369 e. The van der Waals surface area contributed by atoms with Crippen LogP contribution in [0.2, 0.25) is 0 Å². The molecule has 3 heterocycles. The van der Waals surface area contributed by atoms with Crippen molar-refractivity contribution in [2.45, 2.75) is 6.54 Å². The topological polar surface area (TPSA) is 84.0 Å². The number of anilines is 1. The molecule has 0 radical (unpaired) electrons. The first kappa shape index (κ1) is 20.3. The lowest BCUT2D eigenvalue weighted by Crippen LogP contribution is -2.46. The zero-order valence-corrected chi connectivity index (χ0v) is 18.1. The van der Waals surface area contributed by atoms with Crippen molar-refractivity contribution in [2.24, 2.45) is 0 Å². The van der Waals surface area contributed by atoms with Crippen molar-refractivity contribution in [1.29, 1.82) is 0 Å². The van der Waals surface area contributed by atoms with Gasteiger partial charge in [-0.15, -0.1) is 11.3 Å². The summed E-state index contributed by atoms with van der Waals surface area (Å²) >= 11 is 1.48. The second-order valence-corrected chi connectivity index (χ2v) is 8.56. The third kappa shape index (κ3) is 4.00. The van der Waals surface area contributed by atoms with Gasteiger partial charge in [-0.05, 0) is 17.7 Å². The monoisotopic (exact) mass is 447 g/mol. The number of piperazine rings is 1. The Morgan fingerprint density at radius 2 is 1.72 bits per heavy atom. The molecule has 0 aliphatic carbocycles. The highest BCUT2D eigenvalue weighted by Gasteiger charge is 2.19. The van der Waals surface area contributed by atoms with Crippen LogP contribution in [0, 0.1) is 10.1 Å². The predicted molar refractivity (Wildman–Crippen MR) is 125 cm³/mol. The van der Waals surface area contributed by atoms with Crippen LogP contribution in [0.4, 0.5) is 11.4 Å². The van der Waals surface area contributed by atoms with Crippen LogP contribution in [0.25, 0.3) is 16.2 Å². The third-order valence-electron chi connectivity index (χ3n) is 5.71. The molecule has 9 heteroatoms. The Morgan fingerprint density at radius 1 is 1.00 bits per heavy atom. The number of nitrogens with zero attached hydrogens (tertiary/aromatic N) is 5. The van der Waals surface area contributed by atoms with Gasteiger partial charge in [-0.25, -0.2) is 4.98 Å². The van der Waals surface area contributed by atoms with Crippen molar-refractivity contribution < 1.29 is 4.92 Å². The summed E-state index contributed by atoms with van der Waals surface area (Å²) < 4.78 is 1.68.